The fraction of sp³-hybridized carbons (Fsp3) is 0.231. The van der Waals surface area contributed by atoms with Crippen molar-refractivity contribution in [3.05, 3.63) is 42.0 Å². The molecular weight excluding hydrogens is 234 g/mol. The van der Waals surface area contributed by atoms with Crippen molar-refractivity contribution in [3.8, 4) is 0 Å². The molecule has 90 valence electrons. The lowest BCUT2D eigenvalue weighted by molar-refractivity contribution is 0.521. The number of hydrogen-bond acceptors (Lipinski definition) is 2. The Hall–Kier alpha value is -1.39. The lowest BCUT2D eigenvalue weighted by atomic mass is 10.1. The molecule has 0 aliphatic carbocycles. The van der Waals surface area contributed by atoms with E-state index in [1.54, 1.807) is 26.2 Å². The average molecular weight is 249 g/mol. The molecule has 0 aromatic heterocycles. The molecule has 3 nitrogen and oxygen atoms in total. The zero-order chi connectivity index (χ0) is 12.6. The van der Waals surface area contributed by atoms with E-state index in [9.17, 15) is 8.42 Å². The van der Waals surface area contributed by atoms with Crippen molar-refractivity contribution in [3.63, 3.8) is 0 Å². The Morgan fingerprint density at radius 2 is 1.53 bits per heavy atom. The van der Waals surface area contributed by atoms with E-state index in [1.807, 2.05) is 31.2 Å². The van der Waals surface area contributed by atoms with Crippen LogP contribution in [0, 0.1) is 6.92 Å². The van der Waals surface area contributed by atoms with Gasteiger partial charge < -0.3 is 0 Å². The van der Waals surface area contributed by atoms with Gasteiger partial charge >= 0.3 is 0 Å². The highest BCUT2D eigenvalue weighted by atomic mass is 32.2. The molecule has 2 aromatic rings. The van der Waals surface area contributed by atoms with Gasteiger partial charge in [0.05, 0.1) is 4.90 Å². The number of sulfonamides is 1. The van der Waals surface area contributed by atoms with Gasteiger partial charge in [-0.15, -0.1) is 0 Å². The van der Waals surface area contributed by atoms with Gasteiger partial charge in [-0.05, 0) is 23.9 Å². The van der Waals surface area contributed by atoms with Crippen LogP contribution in [0.5, 0.6) is 0 Å². The quantitative estimate of drug-likeness (QED) is 0.819. The maximum Gasteiger partial charge on any atom is 0.243 e. The van der Waals surface area contributed by atoms with Crippen molar-refractivity contribution >= 4 is 20.8 Å². The Labute approximate surface area is 102 Å². The van der Waals surface area contributed by atoms with Crippen LogP contribution < -0.4 is 0 Å². The van der Waals surface area contributed by atoms with Crippen molar-refractivity contribution in [1.82, 2.24) is 4.31 Å². The van der Waals surface area contributed by atoms with E-state index in [0.29, 0.717) is 4.90 Å². The molecule has 0 spiro atoms. The van der Waals surface area contributed by atoms with E-state index in [-0.39, 0.29) is 0 Å². The highest BCUT2D eigenvalue weighted by molar-refractivity contribution is 7.89. The third-order valence-corrected chi connectivity index (χ3v) is 4.73. The Bertz CT molecular complexity index is 660. The summed E-state index contributed by atoms with van der Waals surface area (Å²) in [6.07, 6.45) is 0. The second kappa shape index (κ2) is 4.13. The number of hydrogen-bond donors (Lipinski definition) is 0. The maximum absolute atomic E-state index is 12.2. The Kier molecular flexibility index (Phi) is 2.93. The molecule has 0 aliphatic heterocycles. The van der Waals surface area contributed by atoms with Crippen LogP contribution >= 0.6 is 0 Å². The monoisotopic (exact) mass is 249 g/mol. The molecule has 0 aliphatic rings. The van der Waals surface area contributed by atoms with Crippen LogP contribution in [0.15, 0.2) is 41.3 Å². The Morgan fingerprint density at radius 3 is 2.18 bits per heavy atom. The summed E-state index contributed by atoms with van der Waals surface area (Å²) < 4.78 is 25.6. The van der Waals surface area contributed by atoms with Crippen LogP contribution in [0.3, 0.4) is 0 Å². The van der Waals surface area contributed by atoms with E-state index >= 15 is 0 Å². The first-order chi connectivity index (χ1) is 7.94. The zero-order valence-corrected chi connectivity index (χ0v) is 11.0. The lowest BCUT2D eigenvalue weighted by Crippen LogP contribution is -2.22. The first-order valence-electron chi connectivity index (χ1n) is 5.35. The third-order valence-electron chi connectivity index (χ3n) is 2.86. The van der Waals surface area contributed by atoms with Gasteiger partial charge in [0.15, 0.2) is 0 Å². The van der Waals surface area contributed by atoms with Gasteiger partial charge in [0.2, 0.25) is 10.0 Å². The summed E-state index contributed by atoms with van der Waals surface area (Å²) in [6.45, 7) is 1.98. The third kappa shape index (κ3) is 1.94. The van der Waals surface area contributed by atoms with Crippen molar-refractivity contribution in [2.75, 3.05) is 14.1 Å². The number of benzene rings is 2. The predicted octanol–water partition coefficient (Wildman–Crippen LogP) is 2.40. The van der Waals surface area contributed by atoms with Crippen LogP contribution in [0.2, 0.25) is 0 Å². The van der Waals surface area contributed by atoms with Gasteiger partial charge in [-0.2, -0.15) is 0 Å². The molecule has 0 unspecified atom stereocenters. The summed E-state index contributed by atoms with van der Waals surface area (Å²) >= 11 is 0. The maximum atomic E-state index is 12.2. The molecule has 2 aromatic carbocycles. The number of fused-ring (bicyclic) bond motifs is 1. The molecule has 0 N–H and O–H groups in total. The van der Waals surface area contributed by atoms with Crippen LogP contribution in [-0.4, -0.2) is 26.8 Å². The number of aryl methyl sites for hydroxylation is 1. The van der Waals surface area contributed by atoms with Crippen LogP contribution in [0.1, 0.15) is 5.56 Å². The van der Waals surface area contributed by atoms with Crippen LogP contribution in [0.4, 0.5) is 0 Å². The van der Waals surface area contributed by atoms with Gasteiger partial charge in [0.1, 0.15) is 0 Å². The standard InChI is InChI=1S/C13H15NO2S/c1-10-6-4-8-12-11(10)7-5-9-13(12)17(15,16)14(2)3/h4-9H,1-3H3. The molecule has 17 heavy (non-hydrogen) atoms. The number of nitrogens with zero attached hydrogens (tertiary/aromatic N) is 1. The van der Waals surface area contributed by atoms with Crippen molar-refractivity contribution in [2.45, 2.75) is 11.8 Å². The van der Waals surface area contributed by atoms with Gasteiger partial charge in [-0.3, -0.25) is 0 Å². The second-order valence-corrected chi connectivity index (χ2v) is 6.33. The smallest absolute Gasteiger partial charge is 0.207 e. The van der Waals surface area contributed by atoms with E-state index < -0.39 is 10.0 Å². The molecule has 0 heterocycles. The van der Waals surface area contributed by atoms with Crippen molar-refractivity contribution < 1.29 is 8.42 Å². The molecule has 2 rings (SSSR count). The highest BCUT2D eigenvalue weighted by Gasteiger charge is 2.19. The SMILES string of the molecule is Cc1cccc2c(S(=O)(=O)N(C)C)cccc12. The molecular formula is C13H15NO2S. The van der Waals surface area contributed by atoms with Gasteiger partial charge in [-0.25, -0.2) is 12.7 Å². The highest BCUT2D eigenvalue weighted by Crippen LogP contribution is 2.26. The van der Waals surface area contributed by atoms with Gasteiger partial charge in [0, 0.05) is 19.5 Å². The molecule has 0 fully saturated rings. The molecule has 0 radical (unpaired) electrons. The first kappa shape index (κ1) is 12.1. The summed E-state index contributed by atoms with van der Waals surface area (Å²) in [4.78, 5) is 0.365. The molecule has 0 amide bonds. The Morgan fingerprint density at radius 1 is 0.941 bits per heavy atom. The van der Waals surface area contributed by atoms with E-state index in [1.165, 1.54) is 4.31 Å². The number of rotatable bonds is 2. The fourth-order valence-corrected chi connectivity index (χ4v) is 2.96. The Balaban J connectivity index is 2.85. The zero-order valence-electron chi connectivity index (χ0n) is 10.1. The van der Waals surface area contributed by atoms with Crippen molar-refractivity contribution in [1.29, 1.82) is 0 Å². The normalized spacial score (nSPS) is 12.2. The lowest BCUT2D eigenvalue weighted by Gasteiger charge is -2.14. The molecule has 0 saturated heterocycles. The average Bonchev–Trinajstić information content (AvgIpc) is 2.28. The summed E-state index contributed by atoms with van der Waals surface area (Å²) in [6, 6.07) is 11.1. The summed E-state index contributed by atoms with van der Waals surface area (Å²) in [5, 5.41) is 1.76. The minimum absolute atomic E-state index is 0.365. The van der Waals surface area contributed by atoms with Crippen LogP contribution in [0.25, 0.3) is 10.8 Å². The van der Waals surface area contributed by atoms with E-state index in [2.05, 4.69) is 0 Å². The topological polar surface area (TPSA) is 37.4 Å². The van der Waals surface area contributed by atoms with Gasteiger partial charge in [0.25, 0.3) is 0 Å². The van der Waals surface area contributed by atoms with Gasteiger partial charge in [-0.1, -0.05) is 30.3 Å². The second-order valence-electron chi connectivity index (χ2n) is 4.21. The minimum Gasteiger partial charge on any atom is -0.207 e. The largest absolute Gasteiger partial charge is 0.243 e. The van der Waals surface area contributed by atoms with E-state index in [4.69, 9.17) is 0 Å². The summed E-state index contributed by atoms with van der Waals surface area (Å²) in [5.74, 6) is 0. The summed E-state index contributed by atoms with van der Waals surface area (Å²) in [7, 11) is -0.296. The predicted molar refractivity (Wildman–Crippen MR) is 69.6 cm³/mol. The minimum atomic E-state index is -3.39. The summed E-state index contributed by atoms with van der Waals surface area (Å²) in [5.41, 5.74) is 1.08. The van der Waals surface area contributed by atoms with E-state index in [0.717, 1.165) is 16.3 Å². The van der Waals surface area contributed by atoms with Crippen molar-refractivity contribution in [2.24, 2.45) is 0 Å². The first-order valence-corrected chi connectivity index (χ1v) is 6.79. The fourth-order valence-electron chi connectivity index (χ4n) is 1.86. The molecule has 4 heteroatoms. The molecule has 0 saturated carbocycles. The molecule has 0 atom stereocenters. The molecule has 0 bridgehead atoms. The van der Waals surface area contributed by atoms with Crippen LogP contribution in [-0.2, 0) is 10.0 Å².